The molecule has 0 fully saturated rings. The minimum atomic E-state index is -0.251. The van der Waals surface area contributed by atoms with Crippen molar-refractivity contribution in [3.05, 3.63) is 71.8 Å². The fourth-order valence-electron chi connectivity index (χ4n) is 3.50. The Balaban J connectivity index is 1.65. The summed E-state index contributed by atoms with van der Waals surface area (Å²) in [5, 5.41) is 0. The summed E-state index contributed by atoms with van der Waals surface area (Å²) in [6, 6.07) is 20.1. The monoisotopic (exact) mass is 410 g/mol. The standard InChI is InChI=1S/C27H38O3/c1-2-3-4-5-6-7-8-9-16-21-27(28)30-23-26(25-19-14-11-15-20-25)29-22-24-17-12-10-13-18-24/h10-15,17-20,26H,2-9,16,21-23H2,1H3. The van der Waals surface area contributed by atoms with Crippen molar-refractivity contribution in [2.24, 2.45) is 0 Å². The highest BCUT2D eigenvalue weighted by Crippen LogP contribution is 2.20. The highest BCUT2D eigenvalue weighted by molar-refractivity contribution is 5.69. The van der Waals surface area contributed by atoms with E-state index in [0.717, 1.165) is 24.0 Å². The number of hydrogen-bond donors (Lipinski definition) is 0. The second-order valence-corrected chi connectivity index (χ2v) is 7.96. The van der Waals surface area contributed by atoms with Crippen LogP contribution in [0.4, 0.5) is 0 Å². The predicted octanol–water partition coefficient (Wildman–Crippen LogP) is 7.41. The maximum absolute atomic E-state index is 12.2. The van der Waals surface area contributed by atoms with Crippen LogP contribution in [-0.4, -0.2) is 12.6 Å². The molecule has 0 saturated carbocycles. The van der Waals surface area contributed by atoms with Gasteiger partial charge in [-0.1, -0.05) is 119 Å². The number of carbonyl (C=O) groups is 1. The van der Waals surface area contributed by atoms with Crippen molar-refractivity contribution in [1.82, 2.24) is 0 Å². The molecule has 0 N–H and O–H groups in total. The van der Waals surface area contributed by atoms with E-state index in [-0.39, 0.29) is 18.7 Å². The summed E-state index contributed by atoms with van der Waals surface area (Å²) >= 11 is 0. The summed E-state index contributed by atoms with van der Waals surface area (Å²) in [5.41, 5.74) is 2.14. The summed E-state index contributed by atoms with van der Waals surface area (Å²) in [6.45, 7) is 3.00. The van der Waals surface area contributed by atoms with Crippen LogP contribution >= 0.6 is 0 Å². The van der Waals surface area contributed by atoms with E-state index in [9.17, 15) is 4.79 Å². The molecule has 0 saturated heterocycles. The average molecular weight is 411 g/mol. The molecule has 0 radical (unpaired) electrons. The third-order valence-electron chi connectivity index (χ3n) is 5.35. The van der Waals surface area contributed by atoms with Gasteiger partial charge in [0.05, 0.1) is 6.61 Å². The molecule has 2 rings (SSSR count). The van der Waals surface area contributed by atoms with Crippen LogP contribution in [-0.2, 0) is 20.9 Å². The SMILES string of the molecule is CCCCCCCCCCCC(=O)OCC(OCc1ccccc1)c1ccccc1. The van der Waals surface area contributed by atoms with Crippen molar-refractivity contribution >= 4 is 5.97 Å². The van der Waals surface area contributed by atoms with Gasteiger partial charge in [-0.25, -0.2) is 0 Å². The molecule has 2 aromatic carbocycles. The van der Waals surface area contributed by atoms with Crippen molar-refractivity contribution in [3.63, 3.8) is 0 Å². The second kappa shape index (κ2) is 15.7. The Kier molecular flexibility index (Phi) is 12.6. The lowest BCUT2D eigenvalue weighted by molar-refractivity contribution is -0.148. The number of ether oxygens (including phenoxy) is 2. The topological polar surface area (TPSA) is 35.5 Å². The van der Waals surface area contributed by atoms with Gasteiger partial charge in [0.25, 0.3) is 0 Å². The number of rotatable bonds is 16. The zero-order valence-corrected chi connectivity index (χ0v) is 18.6. The first-order chi connectivity index (χ1) is 14.8. The molecule has 0 aliphatic carbocycles. The van der Waals surface area contributed by atoms with Crippen LogP contribution < -0.4 is 0 Å². The van der Waals surface area contributed by atoms with Crippen LogP contribution in [0.3, 0.4) is 0 Å². The van der Waals surface area contributed by atoms with Gasteiger partial charge in [0.15, 0.2) is 0 Å². The Morgan fingerprint density at radius 2 is 1.33 bits per heavy atom. The average Bonchev–Trinajstić information content (AvgIpc) is 2.79. The second-order valence-electron chi connectivity index (χ2n) is 7.96. The number of benzene rings is 2. The van der Waals surface area contributed by atoms with Crippen molar-refractivity contribution in [2.45, 2.75) is 83.8 Å². The maximum Gasteiger partial charge on any atom is 0.305 e. The van der Waals surface area contributed by atoms with Crippen LogP contribution in [0.5, 0.6) is 0 Å². The van der Waals surface area contributed by atoms with E-state index in [1.807, 2.05) is 60.7 Å². The van der Waals surface area contributed by atoms with E-state index in [2.05, 4.69) is 6.92 Å². The Bertz CT molecular complexity index is 669. The van der Waals surface area contributed by atoms with E-state index in [4.69, 9.17) is 9.47 Å². The molecule has 164 valence electrons. The van der Waals surface area contributed by atoms with E-state index in [1.165, 1.54) is 44.9 Å². The highest BCUT2D eigenvalue weighted by atomic mass is 16.6. The maximum atomic E-state index is 12.2. The molecule has 0 bridgehead atoms. The highest BCUT2D eigenvalue weighted by Gasteiger charge is 2.15. The fourth-order valence-corrected chi connectivity index (χ4v) is 3.50. The lowest BCUT2D eigenvalue weighted by Crippen LogP contribution is -2.15. The van der Waals surface area contributed by atoms with E-state index >= 15 is 0 Å². The fraction of sp³-hybridized carbons (Fsp3) is 0.519. The Morgan fingerprint density at radius 1 is 0.767 bits per heavy atom. The molecule has 2 aromatic rings. The van der Waals surface area contributed by atoms with Gasteiger partial charge in [0, 0.05) is 6.42 Å². The first-order valence-corrected chi connectivity index (χ1v) is 11.7. The molecule has 0 amide bonds. The summed E-state index contributed by atoms with van der Waals surface area (Å²) < 4.78 is 11.6. The number of esters is 1. The van der Waals surface area contributed by atoms with Gasteiger partial charge in [-0.15, -0.1) is 0 Å². The van der Waals surface area contributed by atoms with Crippen molar-refractivity contribution in [2.75, 3.05) is 6.61 Å². The smallest absolute Gasteiger partial charge is 0.305 e. The summed E-state index contributed by atoms with van der Waals surface area (Å²) in [7, 11) is 0. The lowest BCUT2D eigenvalue weighted by atomic mass is 10.1. The largest absolute Gasteiger partial charge is 0.463 e. The molecule has 0 aliphatic heterocycles. The molecule has 1 atom stereocenters. The number of unbranched alkanes of at least 4 members (excludes halogenated alkanes) is 8. The quantitative estimate of drug-likeness (QED) is 0.213. The van der Waals surface area contributed by atoms with E-state index in [0.29, 0.717) is 13.0 Å². The number of carbonyl (C=O) groups excluding carboxylic acids is 1. The molecule has 3 nitrogen and oxygen atoms in total. The molecule has 0 aromatic heterocycles. The van der Waals surface area contributed by atoms with E-state index in [1.54, 1.807) is 0 Å². The van der Waals surface area contributed by atoms with Crippen LogP contribution in [0.1, 0.15) is 88.4 Å². The van der Waals surface area contributed by atoms with Crippen molar-refractivity contribution in [3.8, 4) is 0 Å². The molecule has 0 aliphatic rings. The van der Waals surface area contributed by atoms with Crippen molar-refractivity contribution in [1.29, 1.82) is 0 Å². The van der Waals surface area contributed by atoms with Gasteiger partial charge in [-0.2, -0.15) is 0 Å². The van der Waals surface area contributed by atoms with Crippen LogP contribution in [0.25, 0.3) is 0 Å². The molecule has 30 heavy (non-hydrogen) atoms. The van der Waals surface area contributed by atoms with Crippen LogP contribution in [0, 0.1) is 0 Å². The third-order valence-corrected chi connectivity index (χ3v) is 5.35. The first-order valence-electron chi connectivity index (χ1n) is 11.7. The third kappa shape index (κ3) is 10.6. The van der Waals surface area contributed by atoms with Crippen LogP contribution in [0.2, 0.25) is 0 Å². The minimum absolute atomic E-state index is 0.123. The molecule has 1 unspecified atom stereocenters. The Hall–Kier alpha value is -2.13. The predicted molar refractivity (Wildman–Crippen MR) is 123 cm³/mol. The molecule has 0 heterocycles. The van der Waals surface area contributed by atoms with Gasteiger partial charge in [-0.3, -0.25) is 4.79 Å². The summed E-state index contributed by atoms with van der Waals surface area (Å²) in [6.07, 6.45) is 11.4. The molecule has 3 heteroatoms. The first kappa shape index (κ1) is 24.1. The zero-order chi connectivity index (χ0) is 21.3. The summed E-state index contributed by atoms with van der Waals surface area (Å²) in [5.74, 6) is -0.123. The van der Waals surface area contributed by atoms with Gasteiger partial charge >= 0.3 is 5.97 Å². The summed E-state index contributed by atoms with van der Waals surface area (Å²) in [4.78, 5) is 12.2. The normalized spacial score (nSPS) is 11.9. The van der Waals surface area contributed by atoms with E-state index < -0.39 is 0 Å². The Labute approximate surface area is 182 Å². The van der Waals surface area contributed by atoms with Gasteiger partial charge < -0.3 is 9.47 Å². The number of hydrogen-bond acceptors (Lipinski definition) is 3. The van der Waals surface area contributed by atoms with Gasteiger partial charge in [-0.05, 0) is 17.5 Å². The van der Waals surface area contributed by atoms with Gasteiger partial charge in [0.2, 0.25) is 0 Å². The zero-order valence-electron chi connectivity index (χ0n) is 18.6. The molecule has 0 spiro atoms. The van der Waals surface area contributed by atoms with Crippen LogP contribution in [0.15, 0.2) is 60.7 Å². The van der Waals surface area contributed by atoms with Crippen molar-refractivity contribution < 1.29 is 14.3 Å². The lowest BCUT2D eigenvalue weighted by Gasteiger charge is -2.18. The molecular formula is C27H38O3. The Morgan fingerprint density at radius 3 is 1.97 bits per heavy atom. The minimum Gasteiger partial charge on any atom is -0.463 e. The van der Waals surface area contributed by atoms with Gasteiger partial charge in [0.1, 0.15) is 12.7 Å². The molecular weight excluding hydrogens is 372 g/mol.